The quantitative estimate of drug-likeness (QED) is 0.508. The van der Waals surface area contributed by atoms with Crippen LogP contribution in [0.25, 0.3) is 0 Å². The highest BCUT2D eigenvalue weighted by Crippen LogP contribution is 2.50. The van der Waals surface area contributed by atoms with Gasteiger partial charge in [0.15, 0.2) is 9.84 Å². The fourth-order valence-electron chi connectivity index (χ4n) is 5.17. The molecule has 180 valence electrons. The van der Waals surface area contributed by atoms with Crippen LogP contribution in [0.5, 0.6) is 0 Å². The van der Waals surface area contributed by atoms with Crippen molar-refractivity contribution in [3.05, 3.63) is 59.2 Å². The maximum atomic E-state index is 13.8. The van der Waals surface area contributed by atoms with E-state index in [0.29, 0.717) is 28.9 Å². The number of carbonyl (C=O) groups excluding carboxylic acids is 1. The Hall–Kier alpha value is -2.18. The van der Waals surface area contributed by atoms with Gasteiger partial charge in [0, 0.05) is 36.7 Å². The van der Waals surface area contributed by atoms with Crippen molar-refractivity contribution in [3.8, 4) is 0 Å². The smallest absolute Gasteiger partial charge is 0.179 e. The van der Waals surface area contributed by atoms with Gasteiger partial charge >= 0.3 is 0 Å². The molecule has 5 nitrogen and oxygen atoms in total. The van der Waals surface area contributed by atoms with Crippen molar-refractivity contribution in [1.29, 1.82) is 0 Å². The molecule has 1 heterocycles. The van der Waals surface area contributed by atoms with Crippen LogP contribution in [-0.4, -0.2) is 45.8 Å². The largest absolute Gasteiger partial charge is 0.392 e. The average molecular weight is 472 g/mol. The van der Waals surface area contributed by atoms with E-state index >= 15 is 0 Å². The van der Waals surface area contributed by atoms with Crippen LogP contribution in [0.3, 0.4) is 0 Å². The summed E-state index contributed by atoms with van der Waals surface area (Å²) in [5.41, 5.74) is 2.19. The maximum absolute atomic E-state index is 13.8. The van der Waals surface area contributed by atoms with Crippen molar-refractivity contribution in [1.82, 2.24) is 0 Å². The third kappa shape index (κ3) is 5.17. The normalized spacial score (nSPS) is 21.1. The zero-order valence-electron chi connectivity index (χ0n) is 20.3. The number of carbonyl (C=O) groups is 1. The maximum Gasteiger partial charge on any atom is 0.179 e. The minimum Gasteiger partial charge on any atom is -0.392 e. The molecule has 0 saturated heterocycles. The highest BCUT2D eigenvalue weighted by molar-refractivity contribution is 7.91. The molecule has 0 amide bonds. The molecular weight excluding hydrogens is 434 g/mol. The van der Waals surface area contributed by atoms with Crippen LogP contribution >= 0.6 is 0 Å². The van der Waals surface area contributed by atoms with E-state index in [1.54, 1.807) is 18.2 Å². The van der Waals surface area contributed by atoms with Gasteiger partial charge in [-0.05, 0) is 42.2 Å². The first-order chi connectivity index (χ1) is 15.7. The molecule has 0 fully saturated rings. The highest BCUT2D eigenvalue weighted by atomic mass is 32.2. The first-order valence-corrected chi connectivity index (χ1v) is 13.6. The van der Waals surface area contributed by atoms with E-state index in [4.69, 9.17) is 0 Å². The van der Waals surface area contributed by atoms with E-state index in [1.807, 2.05) is 43.3 Å². The summed E-state index contributed by atoms with van der Waals surface area (Å²) in [6, 6.07) is 12.6. The number of hydrogen-bond donors (Lipinski definition) is 1. The van der Waals surface area contributed by atoms with Crippen LogP contribution in [0.4, 0.5) is 5.69 Å². The predicted molar refractivity (Wildman–Crippen MR) is 134 cm³/mol. The number of anilines is 1. The van der Waals surface area contributed by atoms with Crippen LogP contribution in [0.2, 0.25) is 0 Å². The molecule has 1 aliphatic heterocycles. The topological polar surface area (TPSA) is 74.7 Å². The fourth-order valence-corrected chi connectivity index (χ4v) is 7.36. The van der Waals surface area contributed by atoms with Crippen LogP contribution in [-0.2, 0) is 9.84 Å². The molecule has 3 rings (SSSR count). The van der Waals surface area contributed by atoms with Crippen molar-refractivity contribution < 1.29 is 18.3 Å². The minimum atomic E-state index is -3.61. The van der Waals surface area contributed by atoms with Gasteiger partial charge < -0.3 is 10.0 Å². The Balaban J connectivity index is 2.30. The van der Waals surface area contributed by atoms with Crippen molar-refractivity contribution in [2.24, 2.45) is 5.41 Å². The lowest BCUT2D eigenvalue weighted by atomic mass is 9.68. The third-order valence-corrected chi connectivity index (χ3v) is 9.09. The first kappa shape index (κ1) is 25.4. The van der Waals surface area contributed by atoms with Gasteiger partial charge in [-0.3, -0.25) is 4.79 Å². The fraction of sp³-hybridized carbons (Fsp3) is 0.519. The minimum absolute atomic E-state index is 0.0433. The number of nitrogens with zero attached hydrogens (tertiary/aromatic N) is 1. The Kier molecular flexibility index (Phi) is 8.01. The summed E-state index contributed by atoms with van der Waals surface area (Å²) in [7, 11) is 0.231. The van der Waals surface area contributed by atoms with Gasteiger partial charge in [0.2, 0.25) is 0 Å². The summed E-state index contributed by atoms with van der Waals surface area (Å²) in [5.74, 6) is -0.537. The molecule has 0 bridgehead atoms. The predicted octanol–water partition coefficient (Wildman–Crippen LogP) is 5.21. The molecule has 0 spiro atoms. The zero-order valence-corrected chi connectivity index (χ0v) is 21.1. The SMILES string of the molecule is CCCCC1(CCCC)CS(=O)(=O)c2ccc(N(C)C)cc2[C@@H](c2ccc(C=O)cc2)[C@H]1O. The lowest BCUT2D eigenvalue weighted by molar-refractivity contribution is 0.0127. The Bertz CT molecular complexity index is 1050. The Morgan fingerprint density at radius 1 is 1.03 bits per heavy atom. The van der Waals surface area contributed by atoms with E-state index in [-0.39, 0.29) is 5.75 Å². The molecule has 2 atom stereocenters. The zero-order chi connectivity index (χ0) is 24.2. The molecule has 0 saturated carbocycles. The second-order valence-corrected chi connectivity index (χ2v) is 11.6. The van der Waals surface area contributed by atoms with Gasteiger partial charge in [-0.2, -0.15) is 0 Å². The summed E-state index contributed by atoms with van der Waals surface area (Å²) < 4.78 is 27.5. The molecule has 0 radical (unpaired) electrons. The van der Waals surface area contributed by atoms with Crippen LogP contribution in [0, 0.1) is 5.41 Å². The lowest BCUT2D eigenvalue weighted by Gasteiger charge is -2.40. The number of aliphatic hydroxyl groups excluding tert-OH is 1. The van der Waals surface area contributed by atoms with Crippen molar-refractivity contribution in [3.63, 3.8) is 0 Å². The number of aliphatic hydroxyl groups is 1. The van der Waals surface area contributed by atoms with Gasteiger partial charge in [0.25, 0.3) is 0 Å². The van der Waals surface area contributed by atoms with Gasteiger partial charge in [0.1, 0.15) is 6.29 Å². The average Bonchev–Trinajstić information content (AvgIpc) is 2.87. The third-order valence-electron chi connectivity index (χ3n) is 7.09. The van der Waals surface area contributed by atoms with Crippen LogP contribution < -0.4 is 4.90 Å². The standard InChI is InChI=1S/C27H37NO4S/c1-5-7-15-27(16-8-6-2)19-33(31,32)24-14-13-22(28(3)4)17-23(24)25(26(27)30)21-11-9-20(18-29)10-12-21/h9-14,17-18,25-26,30H,5-8,15-16,19H2,1-4H3/t25-,26-/m1/s1. The summed E-state index contributed by atoms with van der Waals surface area (Å²) in [4.78, 5) is 13.5. The highest BCUT2D eigenvalue weighted by Gasteiger charge is 2.49. The Labute approximate surface area is 198 Å². The molecular formula is C27H37NO4S. The number of rotatable bonds is 9. The molecule has 0 aromatic heterocycles. The van der Waals surface area contributed by atoms with Crippen LogP contribution in [0.15, 0.2) is 47.4 Å². The van der Waals surface area contributed by atoms with Gasteiger partial charge in [-0.25, -0.2) is 8.42 Å². The second kappa shape index (κ2) is 10.4. The number of unbranched alkanes of at least 4 members (excludes halogenated alkanes) is 2. The van der Waals surface area contributed by atoms with E-state index < -0.39 is 27.3 Å². The monoisotopic (exact) mass is 471 g/mol. The number of hydrogen-bond acceptors (Lipinski definition) is 5. The van der Waals surface area contributed by atoms with E-state index in [1.165, 1.54) is 0 Å². The van der Waals surface area contributed by atoms with Gasteiger partial charge in [-0.1, -0.05) is 63.8 Å². The molecule has 0 aliphatic carbocycles. The number of aldehydes is 1. The number of benzene rings is 2. The summed E-state index contributed by atoms with van der Waals surface area (Å²) in [5, 5.41) is 12.1. The van der Waals surface area contributed by atoms with Crippen molar-refractivity contribution >= 4 is 21.8 Å². The Morgan fingerprint density at radius 2 is 1.64 bits per heavy atom. The van der Waals surface area contributed by atoms with Crippen LogP contribution in [0.1, 0.15) is 79.8 Å². The Morgan fingerprint density at radius 3 is 2.15 bits per heavy atom. The summed E-state index contributed by atoms with van der Waals surface area (Å²) in [6.45, 7) is 4.19. The van der Waals surface area contributed by atoms with Crippen molar-refractivity contribution in [2.75, 3.05) is 24.7 Å². The van der Waals surface area contributed by atoms with E-state index in [0.717, 1.165) is 43.2 Å². The molecule has 2 aromatic carbocycles. The molecule has 6 heteroatoms. The number of sulfone groups is 1. The van der Waals surface area contributed by atoms with Gasteiger partial charge in [0.05, 0.1) is 16.8 Å². The van der Waals surface area contributed by atoms with E-state index in [2.05, 4.69) is 13.8 Å². The molecule has 0 unspecified atom stereocenters. The van der Waals surface area contributed by atoms with E-state index in [9.17, 15) is 18.3 Å². The molecule has 33 heavy (non-hydrogen) atoms. The van der Waals surface area contributed by atoms with Crippen molar-refractivity contribution in [2.45, 2.75) is 69.3 Å². The van der Waals surface area contributed by atoms with Gasteiger partial charge in [-0.15, -0.1) is 0 Å². The summed E-state index contributed by atoms with van der Waals surface area (Å²) in [6.07, 6.45) is 4.89. The lowest BCUT2D eigenvalue weighted by Crippen LogP contribution is -2.43. The summed E-state index contributed by atoms with van der Waals surface area (Å²) >= 11 is 0. The second-order valence-electron chi connectivity index (χ2n) is 9.65. The molecule has 1 aliphatic rings. The molecule has 2 aromatic rings. The molecule has 1 N–H and O–H groups in total. The number of fused-ring (bicyclic) bond motifs is 1. The first-order valence-electron chi connectivity index (χ1n) is 12.0.